The number of phenols is 2. The van der Waals surface area contributed by atoms with Crippen molar-refractivity contribution in [1.29, 1.82) is 0 Å². The molecular weight excluding hydrogens is 524 g/mol. The Morgan fingerprint density at radius 3 is 2.68 bits per heavy atom. The summed E-state index contributed by atoms with van der Waals surface area (Å²) in [5, 5.41) is 24.8. The monoisotopic (exact) mass is 548 g/mol. The number of hydrogen-bond donors (Lipinski definition) is 3. The summed E-state index contributed by atoms with van der Waals surface area (Å²) in [5.74, 6) is 0.562. The van der Waals surface area contributed by atoms with Crippen molar-refractivity contribution >= 4 is 32.3 Å². The van der Waals surface area contributed by atoms with Gasteiger partial charge in [0.25, 0.3) is 0 Å². The highest BCUT2D eigenvalue weighted by Gasteiger charge is 2.30. The maximum Gasteiger partial charge on any atom is 0.243 e. The second-order valence-corrected chi connectivity index (χ2v) is 11.8. The molecule has 1 aliphatic rings. The smallest absolute Gasteiger partial charge is 0.243 e. The second-order valence-electron chi connectivity index (χ2n) is 9.02. The van der Waals surface area contributed by atoms with Crippen LogP contribution in [0.2, 0.25) is 0 Å². The minimum absolute atomic E-state index is 0.0179. The van der Waals surface area contributed by atoms with Gasteiger partial charge in [-0.25, -0.2) is 23.4 Å². The van der Waals surface area contributed by atoms with Crippen LogP contribution in [0.15, 0.2) is 77.3 Å². The molecule has 1 atom stereocenters. The molecule has 3 N–H and O–H groups in total. The molecule has 0 radical (unpaired) electrons. The van der Waals surface area contributed by atoms with E-state index in [0.717, 1.165) is 22.6 Å². The van der Waals surface area contributed by atoms with Gasteiger partial charge in [-0.3, -0.25) is 4.40 Å². The largest absolute Gasteiger partial charge is 0.508 e. The number of anilines is 1. The first kappa shape index (κ1) is 24.3. The third-order valence-electron chi connectivity index (χ3n) is 6.47. The van der Waals surface area contributed by atoms with Gasteiger partial charge in [0.1, 0.15) is 17.2 Å². The van der Waals surface area contributed by atoms with Crippen LogP contribution in [0.4, 0.5) is 5.95 Å². The summed E-state index contributed by atoms with van der Waals surface area (Å²) in [4.78, 5) is 14.9. The average Bonchev–Trinajstić information content (AvgIpc) is 3.51. The summed E-state index contributed by atoms with van der Waals surface area (Å²) in [7, 11) is -3.69. The summed E-state index contributed by atoms with van der Waals surface area (Å²) in [6.45, 7) is 0.689. The molecule has 2 aromatic carbocycles. The predicted molar refractivity (Wildman–Crippen MR) is 145 cm³/mol. The van der Waals surface area contributed by atoms with Crippen LogP contribution in [-0.2, 0) is 10.0 Å². The molecule has 12 heteroatoms. The van der Waals surface area contributed by atoms with E-state index in [2.05, 4.69) is 10.3 Å². The minimum Gasteiger partial charge on any atom is -0.508 e. The second kappa shape index (κ2) is 9.71. The summed E-state index contributed by atoms with van der Waals surface area (Å²) < 4.78 is 29.7. The Morgan fingerprint density at radius 2 is 1.87 bits per heavy atom. The molecule has 6 rings (SSSR count). The molecule has 10 nitrogen and oxygen atoms in total. The van der Waals surface area contributed by atoms with Gasteiger partial charge in [0.15, 0.2) is 4.96 Å². The van der Waals surface area contributed by atoms with E-state index in [1.807, 2.05) is 22.0 Å². The van der Waals surface area contributed by atoms with Crippen LogP contribution in [0.25, 0.3) is 27.6 Å². The Morgan fingerprint density at radius 1 is 1.03 bits per heavy atom. The van der Waals surface area contributed by atoms with Crippen LogP contribution in [0.5, 0.6) is 11.5 Å². The SMILES string of the molecule is O=S(=O)(c1ccc(O)cc1)N1CCC[C@@H](Nc2nccc(-c3c(-c4cccc(O)c4)nc4sccn34)n2)C1. The summed E-state index contributed by atoms with van der Waals surface area (Å²) in [6, 6.07) is 14.1. The number of aromatic hydroxyl groups is 2. The van der Waals surface area contributed by atoms with Gasteiger partial charge in [-0.15, -0.1) is 11.3 Å². The van der Waals surface area contributed by atoms with Gasteiger partial charge >= 0.3 is 0 Å². The highest BCUT2D eigenvalue weighted by molar-refractivity contribution is 7.89. The van der Waals surface area contributed by atoms with E-state index >= 15 is 0 Å². The lowest BCUT2D eigenvalue weighted by molar-refractivity contribution is 0.326. The number of sulfonamides is 1. The third kappa shape index (κ3) is 4.57. The van der Waals surface area contributed by atoms with E-state index in [1.54, 1.807) is 30.5 Å². The standard InChI is InChI=1S/C26H24N6O4S2/c33-19-6-8-21(9-7-19)38(35,36)31-12-2-4-18(16-31)28-25-27-11-10-22(29-25)24-23(17-3-1-5-20(34)15-17)30-26-32(24)13-14-37-26/h1,3,5-11,13-15,18,33-34H,2,4,12,16H2,(H,27,28,29)/t18-/m1/s1. The Kier molecular flexibility index (Phi) is 6.22. The van der Waals surface area contributed by atoms with E-state index in [9.17, 15) is 18.6 Å². The summed E-state index contributed by atoms with van der Waals surface area (Å²) >= 11 is 1.50. The molecular formula is C26H24N6O4S2. The van der Waals surface area contributed by atoms with E-state index in [-0.39, 0.29) is 29.0 Å². The van der Waals surface area contributed by atoms with Crippen LogP contribution in [-0.4, -0.2) is 61.4 Å². The van der Waals surface area contributed by atoms with Crippen molar-refractivity contribution in [2.24, 2.45) is 0 Å². The van der Waals surface area contributed by atoms with Crippen molar-refractivity contribution in [3.05, 3.63) is 72.4 Å². The first-order valence-electron chi connectivity index (χ1n) is 12.0. The maximum absolute atomic E-state index is 13.2. The molecule has 0 spiro atoms. The number of imidazole rings is 1. The zero-order valence-corrected chi connectivity index (χ0v) is 21.7. The number of rotatable bonds is 6. The van der Waals surface area contributed by atoms with Gasteiger partial charge in [0.05, 0.1) is 16.3 Å². The molecule has 194 valence electrons. The van der Waals surface area contributed by atoms with Crippen LogP contribution in [0.1, 0.15) is 12.8 Å². The highest BCUT2D eigenvalue weighted by atomic mass is 32.2. The zero-order chi connectivity index (χ0) is 26.3. The Labute approximate surface area is 222 Å². The fourth-order valence-corrected chi connectivity index (χ4v) is 6.91. The third-order valence-corrected chi connectivity index (χ3v) is 9.11. The van der Waals surface area contributed by atoms with Crippen LogP contribution in [0, 0.1) is 0 Å². The number of fused-ring (bicyclic) bond motifs is 1. The van der Waals surface area contributed by atoms with Crippen molar-refractivity contribution in [2.75, 3.05) is 18.4 Å². The summed E-state index contributed by atoms with van der Waals surface area (Å²) in [5.41, 5.74) is 2.89. The number of piperidine rings is 1. The maximum atomic E-state index is 13.2. The Balaban J connectivity index is 1.28. The fourth-order valence-electron chi connectivity index (χ4n) is 4.67. The first-order valence-corrected chi connectivity index (χ1v) is 14.3. The van der Waals surface area contributed by atoms with E-state index in [1.165, 1.54) is 39.9 Å². The molecule has 4 heterocycles. The summed E-state index contributed by atoms with van der Waals surface area (Å²) in [6.07, 6.45) is 5.05. The number of hydrogen-bond acceptors (Lipinski definition) is 9. The van der Waals surface area contributed by atoms with Gasteiger partial charge in [-0.05, 0) is 55.3 Å². The number of benzene rings is 2. The van der Waals surface area contributed by atoms with Crippen molar-refractivity contribution in [3.63, 3.8) is 0 Å². The van der Waals surface area contributed by atoms with Crippen molar-refractivity contribution < 1.29 is 18.6 Å². The zero-order valence-electron chi connectivity index (χ0n) is 20.1. The van der Waals surface area contributed by atoms with Crippen LogP contribution >= 0.6 is 11.3 Å². The average molecular weight is 549 g/mol. The van der Waals surface area contributed by atoms with Crippen molar-refractivity contribution in [3.8, 4) is 34.1 Å². The number of phenolic OH excluding ortho intramolecular Hbond substituents is 2. The van der Waals surface area contributed by atoms with Crippen molar-refractivity contribution in [1.82, 2.24) is 23.7 Å². The van der Waals surface area contributed by atoms with Gasteiger partial charge in [0.2, 0.25) is 16.0 Å². The van der Waals surface area contributed by atoms with E-state index < -0.39 is 10.0 Å². The number of thiazole rings is 1. The molecule has 3 aromatic heterocycles. The molecule has 0 saturated carbocycles. The lowest BCUT2D eigenvalue weighted by atomic mass is 10.1. The molecule has 0 aliphatic carbocycles. The van der Waals surface area contributed by atoms with E-state index in [0.29, 0.717) is 30.3 Å². The lowest BCUT2D eigenvalue weighted by Crippen LogP contribution is -2.45. The fraction of sp³-hybridized carbons (Fsp3) is 0.192. The van der Waals surface area contributed by atoms with E-state index in [4.69, 9.17) is 9.97 Å². The number of nitrogens with zero attached hydrogens (tertiary/aromatic N) is 5. The quantitative estimate of drug-likeness (QED) is 0.288. The highest BCUT2D eigenvalue weighted by Crippen LogP contribution is 2.35. The Bertz CT molecular complexity index is 1720. The van der Waals surface area contributed by atoms with Gasteiger partial charge in [-0.1, -0.05) is 12.1 Å². The molecule has 1 aliphatic heterocycles. The molecule has 5 aromatic rings. The molecule has 0 unspecified atom stereocenters. The molecule has 38 heavy (non-hydrogen) atoms. The van der Waals surface area contributed by atoms with Gasteiger partial charge < -0.3 is 15.5 Å². The molecule has 0 amide bonds. The lowest BCUT2D eigenvalue weighted by Gasteiger charge is -2.32. The molecule has 0 bridgehead atoms. The number of aromatic nitrogens is 4. The predicted octanol–water partition coefficient (Wildman–Crippen LogP) is 4.20. The topological polar surface area (TPSA) is 133 Å². The normalized spacial score (nSPS) is 16.6. The molecule has 1 fully saturated rings. The molecule has 1 saturated heterocycles. The Hall–Kier alpha value is -4.00. The van der Waals surface area contributed by atoms with Crippen LogP contribution in [0.3, 0.4) is 0 Å². The van der Waals surface area contributed by atoms with Gasteiger partial charge in [-0.2, -0.15) is 4.31 Å². The minimum atomic E-state index is -3.69. The van der Waals surface area contributed by atoms with Crippen molar-refractivity contribution in [2.45, 2.75) is 23.8 Å². The number of nitrogens with one attached hydrogen (secondary N) is 1. The first-order chi connectivity index (χ1) is 18.4. The van der Waals surface area contributed by atoms with Crippen LogP contribution < -0.4 is 5.32 Å². The van der Waals surface area contributed by atoms with Gasteiger partial charge in [0, 0.05) is 42.5 Å².